The lowest BCUT2D eigenvalue weighted by molar-refractivity contribution is 0.104. The molecular formula is C17H19NO3. The van der Waals surface area contributed by atoms with Crippen LogP contribution in [0.1, 0.15) is 31.1 Å². The summed E-state index contributed by atoms with van der Waals surface area (Å²) >= 11 is 0. The zero-order valence-corrected chi connectivity index (χ0v) is 12.6. The van der Waals surface area contributed by atoms with Crippen LogP contribution in [0.5, 0.6) is 0 Å². The number of fused-ring (bicyclic) bond motifs is 1. The van der Waals surface area contributed by atoms with Crippen molar-refractivity contribution in [3.8, 4) is 0 Å². The fourth-order valence-electron chi connectivity index (χ4n) is 2.30. The van der Waals surface area contributed by atoms with Gasteiger partial charge in [-0.2, -0.15) is 0 Å². The van der Waals surface area contributed by atoms with Crippen LogP contribution < -0.4 is 10.5 Å². The molecular weight excluding hydrogens is 266 g/mol. The molecule has 4 nitrogen and oxygen atoms in total. The third-order valence-corrected chi connectivity index (χ3v) is 3.43. The smallest absolute Gasteiger partial charge is 0.347 e. The van der Waals surface area contributed by atoms with Gasteiger partial charge in [-0.1, -0.05) is 6.08 Å². The molecule has 0 atom stereocenters. The van der Waals surface area contributed by atoms with Crippen LogP contribution in [-0.2, 0) is 0 Å². The summed E-state index contributed by atoms with van der Waals surface area (Å²) in [5.74, 6) is -0.332. The van der Waals surface area contributed by atoms with E-state index in [1.807, 2.05) is 18.2 Å². The van der Waals surface area contributed by atoms with Gasteiger partial charge in [0.25, 0.3) is 0 Å². The van der Waals surface area contributed by atoms with Gasteiger partial charge < -0.3 is 9.32 Å². The molecule has 0 aliphatic carbocycles. The van der Waals surface area contributed by atoms with Crippen molar-refractivity contribution in [3.63, 3.8) is 0 Å². The van der Waals surface area contributed by atoms with Crippen LogP contribution in [0.3, 0.4) is 0 Å². The van der Waals surface area contributed by atoms with E-state index in [-0.39, 0.29) is 11.3 Å². The first-order valence-corrected chi connectivity index (χ1v) is 7.10. The Morgan fingerprint density at radius 3 is 2.57 bits per heavy atom. The molecule has 0 aliphatic heterocycles. The number of allylic oxidation sites excluding steroid dienone is 2. The highest BCUT2D eigenvalue weighted by atomic mass is 16.4. The second-order valence-electron chi connectivity index (χ2n) is 4.71. The molecule has 0 saturated heterocycles. The summed E-state index contributed by atoms with van der Waals surface area (Å²) in [5, 5.41) is 0.748. The molecule has 0 unspecified atom stereocenters. The third kappa shape index (κ3) is 3.05. The Kier molecular flexibility index (Phi) is 4.58. The number of hydrogen-bond donors (Lipinski definition) is 0. The monoisotopic (exact) mass is 285 g/mol. The quantitative estimate of drug-likeness (QED) is 0.480. The molecule has 0 bridgehead atoms. The van der Waals surface area contributed by atoms with Crippen LogP contribution in [0.2, 0.25) is 0 Å². The summed E-state index contributed by atoms with van der Waals surface area (Å²) < 4.78 is 5.30. The lowest BCUT2D eigenvalue weighted by atomic mass is 10.1. The van der Waals surface area contributed by atoms with Crippen LogP contribution in [0, 0.1) is 0 Å². The molecule has 0 amide bonds. The Morgan fingerprint density at radius 2 is 1.95 bits per heavy atom. The molecule has 0 radical (unpaired) electrons. The normalized spacial score (nSPS) is 11.2. The number of rotatable bonds is 5. The van der Waals surface area contributed by atoms with Crippen molar-refractivity contribution in [2.24, 2.45) is 0 Å². The Morgan fingerprint density at radius 1 is 1.24 bits per heavy atom. The molecule has 0 fully saturated rings. The van der Waals surface area contributed by atoms with Crippen LogP contribution in [0.4, 0.5) is 5.69 Å². The first kappa shape index (κ1) is 15.0. The van der Waals surface area contributed by atoms with Crippen molar-refractivity contribution in [1.29, 1.82) is 0 Å². The molecule has 21 heavy (non-hydrogen) atoms. The van der Waals surface area contributed by atoms with Gasteiger partial charge in [-0.25, -0.2) is 4.79 Å². The molecule has 1 heterocycles. The summed E-state index contributed by atoms with van der Waals surface area (Å²) in [7, 11) is 0. The largest absolute Gasteiger partial charge is 0.422 e. The number of hydrogen-bond acceptors (Lipinski definition) is 4. The molecule has 2 rings (SSSR count). The van der Waals surface area contributed by atoms with Crippen LogP contribution >= 0.6 is 0 Å². The zero-order valence-electron chi connectivity index (χ0n) is 12.6. The molecule has 0 spiro atoms. The fourth-order valence-corrected chi connectivity index (χ4v) is 2.30. The number of ketones is 1. The van der Waals surface area contributed by atoms with Crippen molar-refractivity contribution in [2.45, 2.75) is 20.8 Å². The van der Waals surface area contributed by atoms with E-state index in [1.165, 1.54) is 6.08 Å². The molecule has 1 aromatic heterocycles. The highest BCUT2D eigenvalue weighted by Gasteiger charge is 2.12. The Labute approximate surface area is 123 Å². The lowest BCUT2D eigenvalue weighted by Crippen LogP contribution is -2.21. The number of nitrogens with zero attached hydrogens (tertiary/aromatic N) is 1. The van der Waals surface area contributed by atoms with Gasteiger partial charge in [0.15, 0.2) is 5.78 Å². The van der Waals surface area contributed by atoms with Crippen LogP contribution in [-0.4, -0.2) is 18.9 Å². The zero-order chi connectivity index (χ0) is 15.4. The highest BCUT2D eigenvalue weighted by molar-refractivity contribution is 6.05. The summed E-state index contributed by atoms with van der Waals surface area (Å²) in [6.07, 6.45) is 2.97. The molecule has 1 aromatic carbocycles. The summed E-state index contributed by atoms with van der Waals surface area (Å²) in [6, 6.07) is 7.28. The van der Waals surface area contributed by atoms with Crippen LogP contribution in [0.15, 0.2) is 45.6 Å². The summed E-state index contributed by atoms with van der Waals surface area (Å²) in [4.78, 5) is 25.9. The summed E-state index contributed by atoms with van der Waals surface area (Å²) in [5.41, 5.74) is 0.975. The highest BCUT2D eigenvalue weighted by Crippen LogP contribution is 2.22. The average Bonchev–Trinajstić information content (AvgIpc) is 2.48. The second-order valence-corrected chi connectivity index (χ2v) is 4.71. The minimum atomic E-state index is -0.595. The van der Waals surface area contributed by atoms with Crippen molar-refractivity contribution in [1.82, 2.24) is 0 Å². The molecule has 0 N–H and O–H groups in total. The second kappa shape index (κ2) is 6.39. The van der Waals surface area contributed by atoms with Gasteiger partial charge in [-0.3, -0.25) is 4.79 Å². The van der Waals surface area contributed by atoms with Gasteiger partial charge in [-0.15, -0.1) is 0 Å². The van der Waals surface area contributed by atoms with E-state index in [0.717, 1.165) is 24.2 Å². The van der Waals surface area contributed by atoms with E-state index in [4.69, 9.17) is 4.42 Å². The van der Waals surface area contributed by atoms with E-state index in [0.29, 0.717) is 5.58 Å². The number of carbonyl (C=O) groups is 1. The fraction of sp³-hybridized carbons (Fsp3) is 0.294. The molecule has 0 saturated carbocycles. The van der Waals surface area contributed by atoms with Crippen molar-refractivity contribution in [3.05, 3.63) is 52.4 Å². The van der Waals surface area contributed by atoms with Crippen molar-refractivity contribution in [2.75, 3.05) is 18.0 Å². The van der Waals surface area contributed by atoms with E-state index < -0.39 is 5.63 Å². The maximum Gasteiger partial charge on any atom is 0.347 e. The molecule has 110 valence electrons. The van der Waals surface area contributed by atoms with Crippen LogP contribution in [0.25, 0.3) is 11.0 Å². The molecule has 4 heteroatoms. The predicted octanol–water partition coefficient (Wildman–Crippen LogP) is 3.40. The van der Waals surface area contributed by atoms with Gasteiger partial charge in [0.1, 0.15) is 11.1 Å². The Bertz CT molecular complexity index is 739. The predicted molar refractivity (Wildman–Crippen MR) is 85.2 cm³/mol. The first-order chi connectivity index (χ1) is 10.1. The van der Waals surface area contributed by atoms with E-state index in [9.17, 15) is 9.59 Å². The number of benzene rings is 1. The number of anilines is 1. The Hall–Kier alpha value is -2.36. The minimum absolute atomic E-state index is 0.0659. The third-order valence-electron chi connectivity index (χ3n) is 3.43. The molecule has 0 aliphatic rings. The Balaban J connectivity index is 2.54. The lowest BCUT2D eigenvalue weighted by Gasteiger charge is -2.20. The topological polar surface area (TPSA) is 50.5 Å². The van der Waals surface area contributed by atoms with E-state index in [2.05, 4.69) is 18.7 Å². The summed E-state index contributed by atoms with van der Waals surface area (Å²) in [6.45, 7) is 7.64. The van der Waals surface area contributed by atoms with E-state index in [1.54, 1.807) is 19.1 Å². The maximum absolute atomic E-state index is 11.9. The van der Waals surface area contributed by atoms with Crippen molar-refractivity contribution < 1.29 is 9.21 Å². The van der Waals surface area contributed by atoms with Gasteiger partial charge in [0, 0.05) is 30.2 Å². The SMILES string of the molecule is CC=CC(=O)c1cc2ccc(N(CC)CC)cc2oc1=O. The van der Waals surface area contributed by atoms with Gasteiger partial charge in [0.05, 0.1) is 0 Å². The maximum atomic E-state index is 11.9. The number of carbonyl (C=O) groups excluding carboxylic acids is 1. The van der Waals surface area contributed by atoms with Gasteiger partial charge >= 0.3 is 5.63 Å². The van der Waals surface area contributed by atoms with Crippen molar-refractivity contribution >= 4 is 22.4 Å². The minimum Gasteiger partial charge on any atom is -0.422 e. The standard InChI is InChI=1S/C17H19NO3/c1-4-7-15(19)14-10-12-8-9-13(18(5-2)6-3)11-16(12)21-17(14)20/h4,7-11H,5-6H2,1-3H3. The van der Waals surface area contributed by atoms with Gasteiger partial charge in [0.2, 0.25) is 0 Å². The van der Waals surface area contributed by atoms with Gasteiger partial charge in [-0.05, 0) is 45.0 Å². The average molecular weight is 285 g/mol. The van der Waals surface area contributed by atoms with E-state index >= 15 is 0 Å². The first-order valence-electron chi connectivity index (χ1n) is 7.10. The molecule has 2 aromatic rings.